The van der Waals surface area contributed by atoms with Crippen molar-refractivity contribution in [2.24, 2.45) is 23.7 Å². The normalized spacial score (nSPS) is 33.8. The van der Waals surface area contributed by atoms with E-state index in [4.69, 9.17) is 0 Å². The maximum Gasteiger partial charge on any atom is 0.190 e. The summed E-state index contributed by atoms with van der Waals surface area (Å²) in [6, 6.07) is 3.16. The van der Waals surface area contributed by atoms with Gasteiger partial charge in [0.25, 0.3) is 0 Å². The van der Waals surface area contributed by atoms with E-state index in [1.807, 2.05) is 6.92 Å². The first kappa shape index (κ1) is 19.6. The molecule has 0 saturated heterocycles. The number of hydrogen-bond donors (Lipinski definition) is 2. The summed E-state index contributed by atoms with van der Waals surface area (Å²) in [5.41, 5.74) is -0.864. The summed E-state index contributed by atoms with van der Waals surface area (Å²) in [5.74, 6) is -8.53. The van der Waals surface area contributed by atoms with Gasteiger partial charge in [-0.05, 0) is 49.3 Å². The number of phenols is 1. The summed E-state index contributed by atoms with van der Waals surface area (Å²) in [7, 11) is 0. The predicted octanol–water partition coefficient (Wildman–Crippen LogP) is 0.993. The summed E-state index contributed by atoms with van der Waals surface area (Å²) in [4.78, 5) is 63.5. The second kappa shape index (κ2) is 6.42. The van der Waals surface area contributed by atoms with Crippen LogP contribution in [0.5, 0.6) is 5.75 Å². The van der Waals surface area contributed by atoms with Crippen molar-refractivity contribution in [2.45, 2.75) is 45.1 Å². The Hall–Kier alpha value is -2.67. The van der Waals surface area contributed by atoms with Crippen LogP contribution in [0.4, 0.5) is 0 Å². The Kier molecular flexibility index (Phi) is 4.35. The monoisotopic (exact) mass is 398 g/mol. The molecule has 3 aliphatic carbocycles. The number of ketones is 5. The summed E-state index contributed by atoms with van der Waals surface area (Å²) in [5, 5.41) is 21.4. The van der Waals surface area contributed by atoms with Crippen molar-refractivity contribution < 1.29 is 34.2 Å². The molecule has 1 aromatic carbocycles. The molecule has 5 atom stereocenters. The van der Waals surface area contributed by atoms with E-state index in [-0.39, 0.29) is 24.2 Å². The second-order valence-electron chi connectivity index (χ2n) is 8.40. The molecule has 29 heavy (non-hydrogen) atoms. The quantitative estimate of drug-likeness (QED) is 0.712. The van der Waals surface area contributed by atoms with Crippen LogP contribution in [-0.4, -0.2) is 44.7 Å². The zero-order valence-electron chi connectivity index (χ0n) is 16.2. The van der Waals surface area contributed by atoms with E-state index in [1.54, 1.807) is 6.07 Å². The lowest BCUT2D eigenvalue weighted by Crippen LogP contribution is -2.67. The largest absolute Gasteiger partial charge is 0.507 e. The fraction of sp³-hybridized carbons (Fsp3) is 0.500. The Morgan fingerprint density at radius 3 is 2.45 bits per heavy atom. The van der Waals surface area contributed by atoms with Crippen molar-refractivity contribution in [3.05, 3.63) is 28.8 Å². The Bertz CT molecular complexity index is 991. The highest BCUT2D eigenvalue weighted by Crippen LogP contribution is 2.50. The standard InChI is InChI=1S/C22H22O7/c1-3-10-4-5-14(24)18-13(10)7-11-6-12-8-15(25)16(9(2)23)20(27)22(12,29)21(28)17(11)19(18)26/h4-5,11-12,16-17,24,29H,3,6-8H2,1-2H3. The maximum atomic E-state index is 13.3. The summed E-state index contributed by atoms with van der Waals surface area (Å²) in [6.45, 7) is 3.00. The summed E-state index contributed by atoms with van der Waals surface area (Å²) < 4.78 is 0. The molecule has 0 radical (unpaired) electrons. The van der Waals surface area contributed by atoms with Gasteiger partial charge in [0.2, 0.25) is 0 Å². The molecule has 2 fully saturated rings. The van der Waals surface area contributed by atoms with Crippen molar-refractivity contribution >= 4 is 28.9 Å². The minimum Gasteiger partial charge on any atom is -0.507 e. The molecule has 0 spiro atoms. The molecule has 5 unspecified atom stereocenters. The third-order valence-corrected chi connectivity index (χ3v) is 6.89. The van der Waals surface area contributed by atoms with Crippen LogP contribution in [0.3, 0.4) is 0 Å². The minimum absolute atomic E-state index is 0.0726. The highest BCUT2D eigenvalue weighted by molar-refractivity contribution is 6.31. The zero-order chi connectivity index (χ0) is 21.2. The van der Waals surface area contributed by atoms with E-state index in [0.717, 1.165) is 12.5 Å². The first-order chi connectivity index (χ1) is 13.6. The van der Waals surface area contributed by atoms with Crippen molar-refractivity contribution in [3.63, 3.8) is 0 Å². The number of aryl methyl sites for hydroxylation is 1. The van der Waals surface area contributed by atoms with E-state index >= 15 is 0 Å². The van der Waals surface area contributed by atoms with Gasteiger partial charge in [-0.2, -0.15) is 0 Å². The Labute approximate surface area is 167 Å². The molecule has 0 bridgehead atoms. The van der Waals surface area contributed by atoms with Crippen LogP contribution < -0.4 is 0 Å². The lowest BCUT2D eigenvalue weighted by molar-refractivity contribution is -0.175. The fourth-order valence-corrected chi connectivity index (χ4v) is 5.49. The molecule has 0 aliphatic heterocycles. The maximum absolute atomic E-state index is 13.3. The Morgan fingerprint density at radius 1 is 1.14 bits per heavy atom. The van der Waals surface area contributed by atoms with Gasteiger partial charge in [0.1, 0.15) is 17.5 Å². The molecule has 4 rings (SSSR count). The number of hydrogen-bond acceptors (Lipinski definition) is 7. The minimum atomic E-state index is -2.52. The number of benzene rings is 1. The van der Waals surface area contributed by atoms with Gasteiger partial charge in [0.05, 0.1) is 11.5 Å². The number of Topliss-reactive ketones (excluding diaryl/α,β-unsaturated/α-hetero) is 5. The molecular formula is C22H22O7. The summed E-state index contributed by atoms with van der Waals surface area (Å²) in [6.07, 6.45) is 0.897. The van der Waals surface area contributed by atoms with Gasteiger partial charge in [-0.3, -0.25) is 24.0 Å². The molecule has 3 aliphatic rings. The third kappa shape index (κ3) is 2.50. The molecule has 2 N–H and O–H groups in total. The molecule has 0 heterocycles. The number of aromatic hydroxyl groups is 1. The van der Waals surface area contributed by atoms with Crippen molar-refractivity contribution in [3.8, 4) is 5.75 Å². The average molecular weight is 398 g/mol. The van der Waals surface area contributed by atoms with Gasteiger partial charge >= 0.3 is 0 Å². The van der Waals surface area contributed by atoms with E-state index in [9.17, 15) is 34.2 Å². The van der Waals surface area contributed by atoms with Crippen molar-refractivity contribution in [1.82, 2.24) is 0 Å². The fourth-order valence-electron chi connectivity index (χ4n) is 5.49. The number of carbonyl (C=O) groups excluding carboxylic acids is 5. The number of rotatable bonds is 2. The van der Waals surface area contributed by atoms with E-state index < -0.39 is 58.2 Å². The lowest BCUT2D eigenvalue weighted by atomic mass is 9.53. The number of phenolic OH excluding ortho intramolecular Hbond substituents is 1. The van der Waals surface area contributed by atoms with Crippen LogP contribution in [0, 0.1) is 23.7 Å². The van der Waals surface area contributed by atoms with E-state index in [0.29, 0.717) is 18.4 Å². The van der Waals surface area contributed by atoms with Crippen LogP contribution in [-0.2, 0) is 32.0 Å². The van der Waals surface area contributed by atoms with Gasteiger partial charge in [0, 0.05) is 12.3 Å². The lowest BCUT2D eigenvalue weighted by Gasteiger charge is -2.48. The first-order valence-corrected chi connectivity index (χ1v) is 9.84. The topological polar surface area (TPSA) is 126 Å². The number of carbonyl (C=O) groups is 5. The van der Waals surface area contributed by atoms with Gasteiger partial charge in [0.15, 0.2) is 28.7 Å². The van der Waals surface area contributed by atoms with Crippen LogP contribution in [0.2, 0.25) is 0 Å². The van der Waals surface area contributed by atoms with Crippen molar-refractivity contribution in [2.75, 3.05) is 0 Å². The first-order valence-electron chi connectivity index (χ1n) is 9.84. The number of fused-ring (bicyclic) bond motifs is 3. The van der Waals surface area contributed by atoms with Gasteiger partial charge < -0.3 is 10.2 Å². The molecule has 0 aromatic heterocycles. The number of aliphatic hydroxyl groups is 1. The predicted molar refractivity (Wildman–Crippen MR) is 99.4 cm³/mol. The van der Waals surface area contributed by atoms with Crippen LogP contribution >= 0.6 is 0 Å². The van der Waals surface area contributed by atoms with Gasteiger partial charge in [-0.25, -0.2) is 0 Å². The molecule has 7 nitrogen and oxygen atoms in total. The SMILES string of the molecule is CCc1ccc(O)c2c1CC1CC3CC(=O)C(C(C)=O)C(=O)C3(O)C(=O)C1C2=O. The highest BCUT2D eigenvalue weighted by Gasteiger charge is 2.65. The molecular weight excluding hydrogens is 376 g/mol. The third-order valence-electron chi connectivity index (χ3n) is 6.89. The zero-order valence-corrected chi connectivity index (χ0v) is 16.2. The van der Waals surface area contributed by atoms with E-state index in [1.165, 1.54) is 6.07 Å². The molecule has 0 amide bonds. The smallest absolute Gasteiger partial charge is 0.190 e. The molecule has 7 heteroatoms. The molecule has 1 aromatic rings. The van der Waals surface area contributed by atoms with Crippen LogP contribution in [0.1, 0.15) is 48.2 Å². The molecule has 2 saturated carbocycles. The van der Waals surface area contributed by atoms with Gasteiger partial charge in [-0.15, -0.1) is 0 Å². The summed E-state index contributed by atoms with van der Waals surface area (Å²) >= 11 is 0. The van der Waals surface area contributed by atoms with Crippen LogP contribution in [0.15, 0.2) is 12.1 Å². The van der Waals surface area contributed by atoms with Gasteiger partial charge in [-0.1, -0.05) is 13.0 Å². The Balaban J connectivity index is 1.82. The Morgan fingerprint density at radius 2 is 1.83 bits per heavy atom. The molecule has 152 valence electrons. The van der Waals surface area contributed by atoms with Crippen LogP contribution in [0.25, 0.3) is 0 Å². The average Bonchev–Trinajstić information content (AvgIpc) is 2.64. The second-order valence-corrected chi connectivity index (χ2v) is 8.40. The highest BCUT2D eigenvalue weighted by atomic mass is 16.3. The van der Waals surface area contributed by atoms with E-state index in [2.05, 4.69) is 0 Å². The van der Waals surface area contributed by atoms with Crippen molar-refractivity contribution in [1.29, 1.82) is 0 Å².